The van der Waals surface area contributed by atoms with Gasteiger partial charge in [0.05, 0.1) is 17.6 Å². The van der Waals surface area contributed by atoms with Crippen molar-refractivity contribution in [3.63, 3.8) is 0 Å². The van der Waals surface area contributed by atoms with E-state index in [0.717, 1.165) is 54.2 Å². The zero-order chi connectivity index (χ0) is 23.8. The Morgan fingerprint density at radius 2 is 1.68 bits per heavy atom. The van der Waals surface area contributed by atoms with Crippen LogP contribution in [0.2, 0.25) is 0 Å². The molecule has 4 heteroatoms. The Hall–Kier alpha value is -3.53. The molecule has 0 amide bonds. The fourth-order valence-electron chi connectivity index (χ4n) is 4.10. The molecule has 4 nitrogen and oxygen atoms in total. The minimum atomic E-state index is 0.446. The van der Waals surface area contributed by atoms with E-state index in [1.54, 1.807) is 0 Å². The molecule has 0 atom stereocenters. The standard InChI is InChI=1S/C30H34N2O2/c1-4-11-25-12-5-8-15-29(25)33-21-10-9-20-32-28-14-7-6-13-27(28)31-30(32)22-34-26-18-16-24(17-19-26)23(2)3/h4-8,12-19,23H,1,9-11,20-22H2,2-3H3. The predicted molar refractivity (Wildman–Crippen MR) is 140 cm³/mol. The number of benzene rings is 3. The molecule has 1 heterocycles. The highest BCUT2D eigenvalue weighted by Crippen LogP contribution is 2.22. The van der Waals surface area contributed by atoms with E-state index < -0.39 is 0 Å². The molecule has 34 heavy (non-hydrogen) atoms. The van der Waals surface area contributed by atoms with E-state index in [1.165, 1.54) is 11.1 Å². The first-order valence-corrected chi connectivity index (χ1v) is 12.1. The van der Waals surface area contributed by atoms with E-state index in [9.17, 15) is 0 Å². The Labute approximate surface area is 202 Å². The minimum absolute atomic E-state index is 0.446. The van der Waals surface area contributed by atoms with Gasteiger partial charge in [-0.3, -0.25) is 0 Å². The number of aromatic nitrogens is 2. The Morgan fingerprint density at radius 3 is 2.47 bits per heavy atom. The quantitative estimate of drug-likeness (QED) is 0.166. The van der Waals surface area contributed by atoms with Gasteiger partial charge in [-0.2, -0.15) is 0 Å². The highest BCUT2D eigenvalue weighted by atomic mass is 16.5. The molecule has 0 fully saturated rings. The van der Waals surface area contributed by atoms with Crippen LogP contribution in [0, 0.1) is 0 Å². The third-order valence-corrected chi connectivity index (χ3v) is 6.02. The highest BCUT2D eigenvalue weighted by Gasteiger charge is 2.11. The van der Waals surface area contributed by atoms with Crippen LogP contribution in [0.15, 0.2) is 85.5 Å². The Morgan fingerprint density at radius 1 is 0.912 bits per heavy atom. The number of unbranched alkanes of at least 4 members (excludes halogenated alkanes) is 1. The molecule has 0 spiro atoms. The van der Waals surface area contributed by atoms with Crippen LogP contribution < -0.4 is 9.47 Å². The summed E-state index contributed by atoms with van der Waals surface area (Å²) in [5.41, 5.74) is 4.65. The van der Waals surface area contributed by atoms with Gasteiger partial charge in [0.25, 0.3) is 0 Å². The Bertz CT molecular complexity index is 1210. The number of hydrogen-bond acceptors (Lipinski definition) is 3. The van der Waals surface area contributed by atoms with Crippen LogP contribution in [-0.4, -0.2) is 16.2 Å². The van der Waals surface area contributed by atoms with Crippen LogP contribution in [0.1, 0.15) is 49.6 Å². The average Bonchev–Trinajstić information content (AvgIpc) is 3.21. The van der Waals surface area contributed by atoms with Gasteiger partial charge in [0.1, 0.15) is 23.9 Å². The van der Waals surface area contributed by atoms with Crippen molar-refractivity contribution in [1.82, 2.24) is 9.55 Å². The van der Waals surface area contributed by atoms with Gasteiger partial charge in [0.2, 0.25) is 0 Å². The molecule has 0 aliphatic rings. The molecule has 0 radical (unpaired) electrons. The number of rotatable bonds is 12. The van der Waals surface area contributed by atoms with Gasteiger partial charge in [-0.25, -0.2) is 4.98 Å². The van der Waals surface area contributed by atoms with Crippen molar-refractivity contribution in [2.24, 2.45) is 0 Å². The van der Waals surface area contributed by atoms with Gasteiger partial charge in [0.15, 0.2) is 0 Å². The lowest BCUT2D eigenvalue weighted by atomic mass is 10.0. The van der Waals surface area contributed by atoms with Crippen LogP contribution in [0.25, 0.3) is 11.0 Å². The molecule has 3 aromatic carbocycles. The summed E-state index contributed by atoms with van der Waals surface area (Å²) in [5.74, 6) is 3.28. The minimum Gasteiger partial charge on any atom is -0.493 e. The molecular formula is C30H34N2O2. The van der Waals surface area contributed by atoms with Crippen LogP contribution in [0.5, 0.6) is 11.5 Å². The molecule has 0 saturated heterocycles. The summed E-state index contributed by atoms with van der Waals surface area (Å²) in [6, 6.07) is 24.8. The normalized spacial score (nSPS) is 11.1. The lowest BCUT2D eigenvalue weighted by Gasteiger charge is -2.13. The number of hydrogen-bond donors (Lipinski definition) is 0. The van der Waals surface area contributed by atoms with E-state index in [2.05, 4.69) is 61.4 Å². The summed E-state index contributed by atoms with van der Waals surface area (Å²) < 4.78 is 14.4. The summed E-state index contributed by atoms with van der Waals surface area (Å²) in [4.78, 5) is 4.85. The second-order valence-electron chi connectivity index (χ2n) is 8.84. The van der Waals surface area contributed by atoms with E-state index in [4.69, 9.17) is 14.5 Å². The van der Waals surface area contributed by atoms with Crippen molar-refractivity contribution in [3.8, 4) is 11.5 Å². The van der Waals surface area contributed by atoms with E-state index >= 15 is 0 Å². The molecule has 0 aliphatic carbocycles. The molecule has 0 bridgehead atoms. The summed E-state index contributed by atoms with van der Waals surface area (Å²) >= 11 is 0. The topological polar surface area (TPSA) is 36.3 Å². The van der Waals surface area contributed by atoms with Gasteiger partial charge >= 0.3 is 0 Å². The fourth-order valence-corrected chi connectivity index (χ4v) is 4.10. The number of aryl methyl sites for hydroxylation is 1. The maximum absolute atomic E-state index is 6.10. The number of imidazole rings is 1. The first-order valence-electron chi connectivity index (χ1n) is 12.1. The molecule has 4 rings (SSSR count). The van der Waals surface area contributed by atoms with Gasteiger partial charge in [-0.15, -0.1) is 6.58 Å². The SMILES string of the molecule is C=CCc1ccccc1OCCCCn1c(COc2ccc(C(C)C)cc2)nc2ccccc21. The highest BCUT2D eigenvalue weighted by molar-refractivity contribution is 5.75. The van der Waals surface area contributed by atoms with Gasteiger partial charge < -0.3 is 14.0 Å². The fraction of sp³-hybridized carbons (Fsp3) is 0.300. The van der Waals surface area contributed by atoms with Crippen molar-refractivity contribution in [1.29, 1.82) is 0 Å². The molecule has 1 aromatic heterocycles. The monoisotopic (exact) mass is 454 g/mol. The molecule has 0 unspecified atom stereocenters. The van der Waals surface area contributed by atoms with Crippen LogP contribution in [0.4, 0.5) is 0 Å². The van der Waals surface area contributed by atoms with Crippen molar-refractivity contribution >= 4 is 11.0 Å². The van der Waals surface area contributed by atoms with Crippen LogP contribution in [-0.2, 0) is 19.6 Å². The molecule has 176 valence electrons. The third-order valence-electron chi connectivity index (χ3n) is 6.02. The van der Waals surface area contributed by atoms with Crippen molar-refractivity contribution < 1.29 is 9.47 Å². The number of para-hydroxylation sites is 3. The van der Waals surface area contributed by atoms with Crippen LogP contribution >= 0.6 is 0 Å². The van der Waals surface area contributed by atoms with E-state index in [1.807, 2.05) is 42.5 Å². The zero-order valence-electron chi connectivity index (χ0n) is 20.2. The first-order chi connectivity index (χ1) is 16.7. The summed E-state index contributed by atoms with van der Waals surface area (Å²) in [6.07, 6.45) is 4.70. The molecule has 0 saturated carbocycles. The van der Waals surface area contributed by atoms with E-state index in [-0.39, 0.29) is 0 Å². The second-order valence-corrected chi connectivity index (χ2v) is 8.84. The van der Waals surface area contributed by atoms with Gasteiger partial charge in [-0.1, -0.05) is 62.4 Å². The number of fused-ring (bicyclic) bond motifs is 1. The smallest absolute Gasteiger partial charge is 0.147 e. The summed E-state index contributed by atoms with van der Waals surface area (Å²) in [6.45, 7) is 10.2. The third kappa shape index (κ3) is 5.88. The lowest BCUT2D eigenvalue weighted by Crippen LogP contribution is -2.09. The molecule has 4 aromatic rings. The Kier molecular flexibility index (Phi) is 8.03. The number of nitrogens with zero attached hydrogens (tertiary/aromatic N) is 2. The Balaban J connectivity index is 1.37. The zero-order valence-corrected chi connectivity index (χ0v) is 20.2. The van der Waals surface area contributed by atoms with Crippen LogP contribution in [0.3, 0.4) is 0 Å². The molecule has 0 N–H and O–H groups in total. The summed E-state index contributed by atoms with van der Waals surface area (Å²) in [7, 11) is 0. The number of allylic oxidation sites excluding steroid dienone is 1. The molecule has 0 aliphatic heterocycles. The second kappa shape index (κ2) is 11.6. The maximum atomic E-state index is 6.10. The van der Waals surface area contributed by atoms with Gasteiger partial charge in [0, 0.05) is 6.54 Å². The van der Waals surface area contributed by atoms with E-state index in [0.29, 0.717) is 19.1 Å². The molecular weight excluding hydrogens is 420 g/mol. The predicted octanol–water partition coefficient (Wildman–Crippen LogP) is 7.33. The van der Waals surface area contributed by atoms with Crippen molar-refractivity contribution in [2.45, 2.75) is 52.2 Å². The number of ether oxygens (including phenoxy) is 2. The first kappa shape index (κ1) is 23.6. The largest absolute Gasteiger partial charge is 0.493 e. The van der Waals surface area contributed by atoms with Crippen molar-refractivity contribution in [2.75, 3.05) is 6.61 Å². The lowest BCUT2D eigenvalue weighted by molar-refractivity contribution is 0.284. The maximum Gasteiger partial charge on any atom is 0.147 e. The average molecular weight is 455 g/mol. The van der Waals surface area contributed by atoms with Gasteiger partial charge in [-0.05, 0) is 66.6 Å². The summed E-state index contributed by atoms with van der Waals surface area (Å²) in [5, 5.41) is 0. The van der Waals surface area contributed by atoms with Crippen molar-refractivity contribution in [3.05, 3.63) is 102 Å².